The normalized spacial score (nSPS) is 15.6. The molecule has 0 unspecified atom stereocenters. The van der Waals surface area contributed by atoms with Crippen molar-refractivity contribution in [3.8, 4) is 0 Å². The van der Waals surface area contributed by atoms with Crippen molar-refractivity contribution in [3.63, 3.8) is 0 Å². The number of carboxylic acid groups (broad SMARTS) is 1. The summed E-state index contributed by atoms with van der Waals surface area (Å²) in [5.41, 5.74) is -0.799. The number of halogens is 3. The highest BCUT2D eigenvalue weighted by Crippen LogP contribution is 2.29. The van der Waals surface area contributed by atoms with Gasteiger partial charge in [-0.1, -0.05) is 0 Å². The van der Waals surface area contributed by atoms with E-state index in [0.717, 1.165) is 29.2 Å². The second-order valence-electron chi connectivity index (χ2n) is 6.23. The van der Waals surface area contributed by atoms with Crippen LogP contribution in [0.2, 0.25) is 0 Å². The average Bonchev–Trinajstić information content (AvgIpc) is 2.60. The number of piperidine rings is 1. The summed E-state index contributed by atoms with van der Waals surface area (Å²) in [5, 5.41) is 8.95. The molecule has 1 fully saturated rings. The Hall–Kier alpha value is -2.58. The fourth-order valence-electron chi connectivity index (χ4n) is 2.77. The largest absolute Gasteiger partial charge is 0.481 e. The van der Waals surface area contributed by atoms with E-state index in [1.807, 2.05) is 0 Å². The van der Waals surface area contributed by atoms with E-state index in [-0.39, 0.29) is 18.0 Å². The van der Waals surface area contributed by atoms with Gasteiger partial charge in [0.05, 0.1) is 18.0 Å². The van der Waals surface area contributed by atoms with Gasteiger partial charge in [0.25, 0.3) is 5.91 Å². The quantitative estimate of drug-likeness (QED) is 0.878. The molecule has 0 aromatic heterocycles. The molecule has 1 aliphatic rings. The van der Waals surface area contributed by atoms with Crippen LogP contribution < -0.4 is 0 Å². The molecule has 2 rings (SSSR count). The van der Waals surface area contributed by atoms with Gasteiger partial charge >= 0.3 is 12.1 Å². The number of aliphatic carboxylic acids is 1. The molecule has 0 bridgehead atoms. The molecule has 142 valence electrons. The third-order valence-electron chi connectivity index (χ3n) is 4.38. The molecule has 1 aromatic carbocycles. The van der Waals surface area contributed by atoms with E-state index < -0.39 is 29.5 Å². The minimum atomic E-state index is -4.48. The van der Waals surface area contributed by atoms with Gasteiger partial charge in [0.15, 0.2) is 0 Å². The standard InChI is InChI=1S/C17H19F3N2O4/c1-21(10-14(23)22-8-6-12(7-9-22)16(25)26)15(24)11-2-4-13(5-3-11)17(18,19)20/h2-5,12H,6-10H2,1H3,(H,25,26). The predicted octanol–water partition coefficient (Wildman–Crippen LogP) is 2.10. The topological polar surface area (TPSA) is 77.9 Å². The van der Waals surface area contributed by atoms with Crippen LogP contribution in [-0.4, -0.2) is 59.4 Å². The van der Waals surface area contributed by atoms with E-state index in [0.29, 0.717) is 25.9 Å². The highest BCUT2D eigenvalue weighted by molar-refractivity contribution is 5.96. The van der Waals surface area contributed by atoms with Crippen LogP contribution in [0.15, 0.2) is 24.3 Å². The van der Waals surface area contributed by atoms with Gasteiger partial charge < -0.3 is 14.9 Å². The van der Waals surface area contributed by atoms with E-state index in [1.165, 1.54) is 11.9 Å². The summed E-state index contributed by atoms with van der Waals surface area (Å²) in [6, 6.07) is 3.79. The first kappa shape index (κ1) is 19.7. The zero-order valence-electron chi connectivity index (χ0n) is 14.1. The monoisotopic (exact) mass is 372 g/mol. The third kappa shape index (κ3) is 4.74. The maximum atomic E-state index is 12.6. The van der Waals surface area contributed by atoms with E-state index in [4.69, 9.17) is 5.11 Å². The highest BCUT2D eigenvalue weighted by atomic mass is 19.4. The summed E-state index contributed by atoms with van der Waals surface area (Å²) in [4.78, 5) is 38.0. The third-order valence-corrected chi connectivity index (χ3v) is 4.38. The number of hydrogen-bond acceptors (Lipinski definition) is 3. The lowest BCUT2D eigenvalue weighted by atomic mass is 9.97. The van der Waals surface area contributed by atoms with Crippen LogP contribution in [0, 0.1) is 5.92 Å². The van der Waals surface area contributed by atoms with Gasteiger partial charge in [-0.2, -0.15) is 13.2 Å². The number of carboxylic acids is 1. The maximum Gasteiger partial charge on any atom is 0.416 e. The fraction of sp³-hybridized carbons (Fsp3) is 0.471. The Balaban J connectivity index is 1.92. The van der Waals surface area contributed by atoms with Crippen LogP contribution in [0.5, 0.6) is 0 Å². The van der Waals surface area contributed by atoms with E-state index in [1.54, 1.807) is 0 Å². The number of hydrogen-bond donors (Lipinski definition) is 1. The predicted molar refractivity (Wildman–Crippen MR) is 85.3 cm³/mol. The Morgan fingerprint density at radius 3 is 2.15 bits per heavy atom. The lowest BCUT2D eigenvalue weighted by molar-refractivity contribution is -0.145. The number of likely N-dealkylation sites (N-methyl/N-ethyl adjacent to an activating group) is 1. The molecule has 1 heterocycles. The summed E-state index contributed by atoms with van der Waals surface area (Å²) < 4.78 is 37.7. The van der Waals surface area contributed by atoms with Gasteiger partial charge in [-0.3, -0.25) is 14.4 Å². The first-order chi connectivity index (χ1) is 12.1. The number of carbonyl (C=O) groups excluding carboxylic acids is 2. The zero-order chi connectivity index (χ0) is 19.5. The summed E-state index contributed by atoms with van der Waals surface area (Å²) in [5.74, 6) is -2.23. The Morgan fingerprint density at radius 2 is 1.69 bits per heavy atom. The number of likely N-dealkylation sites (tertiary alicyclic amines) is 1. The van der Waals surface area contributed by atoms with Crippen molar-refractivity contribution >= 4 is 17.8 Å². The van der Waals surface area contributed by atoms with Gasteiger partial charge in [-0.05, 0) is 37.1 Å². The molecular weight excluding hydrogens is 353 g/mol. The molecular formula is C17H19F3N2O4. The van der Waals surface area contributed by atoms with E-state index in [9.17, 15) is 27.6 Å². The van der Waals surface area contributed by atoms with Gasteiger partial charge in [-0.25, -0.2) is 0 Å². The Kier molecular flexibility index (Phi) is 5.89. The number of nitrogens with zero attached hydrogens (tertiary/aromatic N) is 2. The second-order valence-corrected chi connectivity index (χ2v) is 6.23. The van der Waals surface area contributed by atoms with Crippen LogP contribution in [0.1, 0.15) is 28.8 Å². The van der Waals surface area contributed by atoms with E-state index in [2.05, 4.69) is 0 Å². The van der Waals surface area contributed by atoms with E-state index >= 15 is 0 Å². The number of rotatable bonds is 4. The van der Waals surface area contributed by atoms with Crippen LogP contribution in [0.4, 0.5) is 13.2 Å². The zero-order valence-corrected chi connectivity index (χ0v) is 14.1. The van der Waals surface area contributed by atoms with Crippen LogP contribution in [-0.2, 0) is 15.8 Å². The lowest BCUT2D eigenvalue weighted by Gasteiger charge is -2.31. The lowest BCUT2D eigenvalue weighted by Crippen LogP contribution is -2.45. The molecule has 0 saturated carbocycles. The smallest absolute Gasteiger partial charge is 0.416 e. The highest BCUT2D eigenvalue weighted by Gasteiger charge is 2.31. The molecule has 0 aliphatic carbocycles. The summed E-state index contributed by atoms with van der Waals surface area (Å²) >= 11 is 0. The molecule has 1 aliphatic heterocycles. The molecule has 26 heavy (non-hydrogen) atoms. The summed E-state index contributed by atoms with van der Waals surface area (Å²) in [7, 11) is 1.39. The molecule has 1 aromatic rings. The number of carbonyl (C=O) groups is 3. The van der Waals surface area contributed by atoms with Gasteiger partial charge in [0.2, 0.25) is 5.91 Å². The molecule has 0 atom stereocenters. The van der Waals surface area contributed by atoms with Crippen molar-refractivity contribution in [3.05, 3.63) is 35.4 Å². The molecule has 6 nitrogen and oxygen atoms in total. The van der Waals surface area contributed by atoms with Crippen molar-refractivity contribution in [2.75, 3.05) is 26.7 Å². The maximum absolute atomic E-state index is 12.6. The number of benzene rings is 1. The first-order valence-corrected chi connectivity index (χ1v) is 8.03. The first-order valence-electron chi connectivity index (χ1n) is 8.03. The summed E-state index contributed by atoms with van der Waals surface area (Å²) in [6.45, 7) is 0.383. The van der Waals surface area contributed by atoms with Crippen molar-refractivity contribution in [2.24, 2.45) is 5.92 Å². The van der Waals surface area contributed by atoms with Crippen molar-refractivity contribution in [2.45, 2.75) is 19.0 Å². The molecule has 1 N–H and O–H groups in total. The molecule has 2 amide bonds. The number of amides is 2. The number of alkyl halides is 3. The van der Waals surface area contributed by atoms with Crippen LogP contribution in [0.25, 0.3) is 0 Å². The summed E-state index contributed by atoms with van der Waals surface area (Å²) in [6.07, 6.45) is -3.76. The second kappa shape index (κ2) is 7.76. The van der Waals surface area contributed by atoms with Crippen LogP contribution in [0.3, 0.4) is 0 Å². The van der Waals surface area contributed by atoms with Gasteiger partial charge in [0, 0.05) is 25.7 Å². The molecule has 0 spiro atoms. The van der Waals surface area contributed by atoms with Gasteiger partial charge in [0.1, 0.15) is 0 Å². The van der Waals surface area contributed by atoms with Gasteiger partial charge in [-0.15, -0.1) is 0 Å². The Morgan fingerprint density at radius 1 is 1.15 bits per heavy atom. The van der Waals surface area contributed by atoms with Crippen LogP contribution >= 0.6 is 0 Å². The average molecular weight is 372 g/mol. The van der Waals surface area contributed by atoms with Crippen molar-refractivity contribution in [1.82, 2.24) is 9.80 Å². The molecule has 0 radical (unpaired) electrons. The van der Waals surface area contributed by atoms with Crippen molar-refractivity contribution in [1.29, 1.82) is 0 Å². The minimum absolute atomic E-state index is 0.0536. The fourth-order valence-corrected chi connectivity index (χ4v) is 2.77. The Labute approximate surface area is 148 Å². The van der Waals surface area contributed by atoms with Crippen molar-refractivity contribution < 1.29 is 32.7 Å². The minimum Gasteiger partial charge on any atom is -0.481 e. The molecule has 1 saturated heterocycles. The SMILES string of the molecule is CN(CC(=O)N1CCC(C(=O)O)CC1)C(=O)c1ccc(C(F)(F)F)cc1. The Bertz CT molecular complexity index is 680. The molecule has 9 heteroatoms.